The lowest BCUT2D eigenvalue weighted by Crippen LogP contribution is -2.59. The van der Waals surface area contributed by atoms with Crippen LogP contribution in [0, 0.1) is 17.3 Å². The molecule has 5 fully saturated rings. The molecule has 1 aromatic rings. The maximum absolute atomic E-state index is 13.9. The number of benzene rings is 1. The molecule has 9 heteroatoms. The van der Waals surface area contributed by atoms with E-state index in [0.717, 1.165) is 68.8 Å². The molecular weight excluding hydrogens is 492 g/mol. The van der Waals surface area contributed by atoms with E-state index >= 15 is 0 Å². The second-order valence-electron chi connectivity index (χ2n) is 11.8. The predicted molar refractivity (Wildman–Crippen MR) is 146 cm³/mol. The van der Waals surface area contributed by atoms with Gasteiger partial charge in [-0.05, 0) is 112 Å². The van der Waals surface area contributed by atoms with Crippen LogP contribution in [0.2, 0.25) is 0 Å². The quantitative estimate of drug-likeness (QED) is 0.551. The third kappa shape index (κ3) is 5.18. The fourth-order valence-electron chi connectivity index (χ4n) is 7.19. The van der Waals surface area contributed by atoms with Gasteiger partial charge in [-0.3, -0.25) is 9.52 Å². The van der Waals surface area contributed by atoms with Crippen molar-refractivity contribution in [2.45, 2.75) is 67.9 Å². The van der Waals surface area contributed by atoms with Crippen molar-refractivity contribution >= 4 is 33.4 Å². The summed E-state index contributed by atoms with van der Waals surface area (Å²) in [5.41, 5.74) is 1.31. The van der Waals surface area contributed by atoms with E-state index in [0.29, 0.717) is 23.7 Å². The van der Waals surface area contributed by atoms with Gasteiger partial charge in [0.05, 0.1) is 5.25 Å². The summed E-state index contributed by atoms with van der Waals surface area (Å²) < 4.78 is 30.6. The lowest BCUT2D eigenvalue weighted by atomic mass is 9.64. The number of nitrogens with zero attached hydrogens (tertiary/aromatic N) is 1. The molecule has 6 atom stereocenters. The molecule has 5 aliphatic rings. The van der Waals surface area contributed by atoms with Gasteiger partial charge >= 0.3 is 0 Å². The number of fused-ring (bicyclic) bond motifs is 2. The minimum absolute atomic E-state index is 0.0143. The van der Waals surface area contributed by atoms with Gasteiger partial charge in [0.1, 0.15) is 0 Å². The Bertz CT molecular complexity index is 1040. The molecule has 2 aliphatic carbocycles. The van der Waals surface area contributed by atoms with Gasteiger partial charge in [0, 0.05) is 42.2 Å². The van der Waals surface area contributed by atoms with E-state index < -0.39 is 15.3 Å². The summed E-state index contributed by atoms with van der Waals surface area (Å²) in [6, 6.07) is 7.05. The summed E-state index contributed by atoms with van der Waals surface area (Å²) in [4.78, 5) is 14.8. The molecule has 198 valence electrons. The number of thioether (sulfide) groups is 1. The highest BCUT2D eigenvalue weighted by Gasteiger charge is 2.53. The van der Waals surface area contributed by atoms with E-state index in [4.69, 9.17) is 0 Å². The van der Waals surface area contributed by atoms with E-state index in [2.05, 4.69) is 27.1 Å². The van der Waals surface area contributed by atoms with Crippen molar-refractivity contribution in [1.29, 1.82) is 0 Å². The zero-order valence-electron chi connectivity index (χ0n) is 21.1. The molecule has 3 N–H and O–H groups in total. The van der Waals surface area contributed by atoms with Crippen LogP contribution < -0.4 is 15.4 Å². The van der Waals surface area contributed by atoms with Crippen LogP contribution >= 0.6 is 11.8 Å². The van der Waals surface area contributed by atoms with Gasteiger partial charge in [0.2, 0.25) is 10.0 Å². The van der Waals surface area contributed by atoms with Crippen molar-refractivity contribution in [2.24, 2.45) is 17.3 Å². The number of carbonyl (C=O) groups excluding carboxylic acids is 1. The van der Waals surface area contributed by atoms with Gasteiger partial charge in [-0.15, -0.1) is 0 Å². The van der Waals surface area contributed by atoms with Gasteiger partial charge < -0.3 is 15.5 Å². The Morgan fingerprint density at radius 1 is 1.03 bits per heavy atom. The van der Waals surface area contributed by atoms with E-state index in [-0.39, 0.29) is 17.4 Å². The molecule has 0 bridgehead atoms. The maximum atomic E-state index is 13.9. The van der Waals surface area contributed by atoms with Gasteiger partial charge in [0.15, 0.2) is 0 Å². The first-order valence-corrected chi connectivity index (χ1v) is 16.5. The summed E-state index contributed by atoms with van der Waals surface area (Å²) in [7, 11) is -3.58. The monoisotopic (exact) mass is 532 g/mol. The Balaban J connectivity index is 1.18. The van der Waals surface area contributed by atoms with Crippen LogP contribution in [-0.2, 0) is 10.0 Å². The highest BCUT2D eigenvalue weighted by atomic mass is 32.2. The topological polar surface area (TPSA) is 90.5 Å². The summed E-state index contributed by atoms with van der Waals surface area (Å²) in [6.07, 6.45) is 8.95. The van der Waals surface area contributed by atoms with Crippen molar-refractivity contribution in [3.63, 3.8) is 0 Å². The zero-order valence-corrected chi connectivity index (χ0v) is 22.7. The summed E-state index contributed by atoms with van der Waals surface area (Å²) in [5.74, 6) is 2.44. The van der Waals surface area contributed by atoms with Crippen LogP contribution in [0.25, 0.3) is 0 Å². The highest BCUT2D eigenvalue weighted by Crippen LogP contribution is 2.57. The Morgan fingerprint density at radius 3 is 2.75 bits per heavy atom. The fourth-order valence-corrected chi connectivity index (χ4v) is 10.8. The summed E-state index contributed by atoms with van der Waals surface area (Å²) in [5, 5.41) is 7.33. The predicted octanol–water partition coefficient (Wildman–Crippen LogP) is 3.30. The molecule has 1 spiro atoms. The number of hydrogen-bond donors (Lipinski definition) is 3. The van der Waals surface area contributed by atoms with Gasteiger partial charge in [0.25, 0.3) is 5.91 Å². The lowest BCUT2D eigenvalue weighted by Gasteiger charge is -2.50. The molecule has 1 aromatic carbocycles. The summed E-state index contributed by atoms with van der Waals surface area (Å²) >= 11 is 2.12. The first-order valence-electron chi connectivity index (χ1n) is 13.9. The smallest absolute Gasteiger partial charge is 0.253 e. The number of rotatable bonds is 4. The standard InChI is InChI=1S/C27H40N4O3S2/c32-26(31-13-2-10-28-12-14-31)19-4-6-22(7-5-19)30-36(33,34)24-17-27(9-8-20-15-23(20)35-18-27)16-21-3-1-11-29-25(21)24/h4-7,20-21,23-25,28-30H,1-3,8-18H2/t20?,21?,23?,24?,25?,27-/m1/s1. The molecule has 6 rings (SSSR count). The minimum atomic E-state index is -3.58. The third-order valence-corrected chi connectivity index (χ3v) is 12.9. The summed E-state index contributed by atoms with van der Waals surface area (Å²) in [6.45, 7) is 4.10. The minimum Gasteiger partial charge on any atom is -0.337 e. The van der Waals surface area contributed by atoms with Crippen molar-refractivity contribution in [3.8, 4) is 0 Å². The highest BCUT2D eigenvalue weighted by molar-refractivity contribution is 8.00. The number of hydrogen-bond acceptors (Lipinski definition) is 6. The van der Waals surface area contributed by atoms with Crippen molar-refractivity contribution in [3.05, 3.63) is 29.8 Å². The second kappa shape index (κ2) is 10.1. The average Bonchev–Trinajstić information content (AvgIpc) is 3.69. The molecule has 7 nitrogen and oxygen atoms in total. The molecule has 36 heavy (non-hydrogen) atoms. The number of amides is 1. The van der Waals surface area contributed by atoms with Gasteiger partial charge in [-0.2, -0.15) is 11.8 Å². The first kappa shape index (κ1) is 25.0. The Morgan fingerprint density at radius 2 is 1.89 bits per heavy atom. The van der Waals surface area contributed by atoms with Crippen LogP contribution in [0.4, 0.5) is 5.69 Å². The molecule has 5 unspecified atom stereocenters. The Labute approximate surface area is 220 Å². The number of sulfonamides is 1. The molecule has 0 aromatic heterocycles. The van der Waals surface area contributed by atoms with Crippen LogP contribution in [0.5, 0.6) is 0 Å². The lowest BCUT2D eigenvalue weighted by molar-refractivity contribution is 0.0766. The van der Waals surface area contributed by atoms with Gasteiger partial charge in [-0.25, -0.2) is 8.42 Å². The van der Waals surface area contributed by atoms with Crippen molar-refractivity contribution < 1.29 is 13.2 Å². The molecule has 1 amide bonds. The molecule has 3 aliphatic heterocycles. The van der Waals surface area contributed by atoms with E-state index in [9.17, 15) is 13.2 Å². The van der Waals surface area contributed by atoms with E-state index in [1.807, 2.05) is 4.90 Å². The number of carbonyl (C=O) groups is 1. The fraction of sp³-hybridized carbons (Fsp3) is 0.741. The Hall–Kier alpha value is -1.29. The van der Waals surface area contributed by atoms with Crippen LogP contribution in [0.1, 0.15) is 61.7 Å². The first-order chi connectivity index (χ1) is 17.4. The number of anilines is 1. The van der Waals surface area contributed by atoms with E-state index in [1.54, 1.807) is 24.3 Å². The molecule has 3 saturated heterocycles. The second-order valence-corrected chi connectivity index (χ2v) is 15.0. The van der Waals surface area contributed by atoms with Crippen molar-refractivity contribution in [1.82, 2.24) is 15.5 Å². The number of piperidine rings is 1. The molecular formula is C27H40N4O3S2. The van der Waals surface area contributed by atoms with Crippen LogP contribution in [-0.4, -0.2) is 74.2 Å². The SMILES string of the molecule is O=C(c1ccc(NS(=O)(=O)C2C[C@@]3(CCC4CC4SC3)CC3CCCNC32)cc1)N1CCCNCC1. The van der Waals surface area contributed by atoms with Gasteiger partial charge in [-0.1, -0.05) is 0 Å². The molecule has 0 radical (unpaired) electrons. The molecule has 3 heterocycles. The van der Waals surface area contributed by atoms with Crippen molar-refractivity contribution in [2.75, 3.05) is 43.2 Å². The zero-order chi connectivity index (χ0) is 24.8. The van der Waals surface area contributed by atoms with E-state index in [1.165, 1.54) is 25.7 Å². The van der Waals surface area contributed by atoms with Crippen LogP contribution in [0.3, 0.4) is 0 Å². The maximum Gasteiger partial charge on any atom is 0.253 e. The van der Waals surface area contributed by atoms with Crippen LogP contribution in [0.15, 0.2) is 24.3 Å². The molecule has 2 saturated carbocycles. The Kier molecular flexibility index (Phi) is 7.03. The average molecular weight is 533 g/mol. The number of nitrogens with one attached hydrogen (secondary N) is 3. The normalized spacial score (nSPS) is 36.8. The third-order valence-electron chi connectivity index (χ3n) is 9.29. The largest absolute Gasteiger partial charge is 0.337 e.